The summed E-state index contributed by atoms with van der Waals surface area (Å²) in [6.07, 6.45) is 11.7. The van der Waals surface area contributed by atoms with E-state index in [0.29, 0.717) is 87.5 Å². The summed E-state index contributed by atoms with van der Waals surface area (Å²) in [5, 5.41) is 40.2. The lowest BCUT2D eigenvalue weighted by atomic mass is 9.39. The van der Waals surface area contributed by atoms with Crippen LogP contribution in [0.5, 0.6) is 0 Å². The second-order valence-electron chi connectivity index (χ2n) is 28.6. The Morgan fingerprint density at radius 3 is 2.22 bits per heavy atom. The molecule has 5 heterocycles. The van der Waals surface area contributed by atoms with Crippen molar-refractivity contribution in [2.24, 2.45) is 27.9 Å². The number of carbonyl (C=O) groups excluding carboxylic acids is 8. The van der Waals surface area contributed by atoms with Crippen molar-refractivity contribution in [2.45, 2.75) is 149 Å². The van der Waals surface area contributed by atoms with E-state index in [-0.39, 0.29) is 117 Å². The number of benzene rings is 3. The van der Waals surface area contributed by atoms with E-state index in [1.165, 1.54) is 28.4 Å². The molecule has 5 aliphatic rings. The number of para-hydroxylation sites is 1. The van der Waals surface area contributed by atoms with Gasteiger partial charge in [0.2, 0.25) is 17.7 Å². The summed E-state index contributed by atoms with van der Waals surface area (Å²) in [5.74, 6) is -5.37. The number of rotatable bonds is 32. The lowest BCUT2D eigenvalue weighted by molar-refractivity contribution is -0.248. The topological polar surface area (TPSA) is 379 Å². The van der Waals surface area contributed by atoms with Gasteiger partial charge < -0.3 is 51.6 Å². The second-order valence-corrected chi connectivity index (χ2v) is 29.6. The van der Waals surface area contributed by atoms with Crippen molar-refractivity contribution in [3.63, 3.8) is 0 Å². The Morgan fingerprint density at radius 1 is 0.765 bits per heavy atom. The predicted molar refractivity (Wildman–Crippen MR) is 379 cm³/mol. The van der Waals surface area contributed by atoms with Crippen molar-refractivity contribution in [3.8, 4) is 22.4 Å². The van der Waals surface area contributed by atoms with Crippen LogP contribution in [0.2, 0.25) is 0 Å². The van der Waals surface area contributed by atoms with Crippen LogP contribution in [0.1, 0.15) is 143 Å². The maximum atomic E-state index is 13.9. The molecule has 9 N–H and O–H groups in total. The third-order valence-electron chi connectivity index (χ3n) is 19.7. The number of aliphatic carboxylic acids is 1. The standard InChI is InChI=1S/C74H85N13O14S/c1-44(2)62(83-58(88)15-7-6-10-30-86-59(89)24-25-60(86)90)66(95)81-56(13-11-28-77-68(75)98)65(94)79-48-19-16-46(17-20-48)36-100-70(99)85(31-27-61(91)92)32-33-101-74-40-71(4)37-72(5,41-74)39-73(38-71,42-74)43-87-45(3)52(35-78-87)49-21-23-53(80-63(49)67(96)97)47-18-22-54-51(34-47)50(26-29-76-54)64(93)84-69-82-55-12-8-9-14-57(55)102-69/h8-9,12,14,16-26,29,34-35,44,56,62H,6-7,10-11,13,15,27-28,30-33,36-43H2,1-5H3,(H,79,94)(H,81,95)(H,83,88)(H,91,92)(H,96,97)(H3,75,77,98)(H,82,84,93)/t56-,62-,71+,72?,73?,74?/m0/s1. The van der Waals surface area contributed by atoms with Gasteiger partial charge in [-0.2, -0.15) is 5.10 Å². The highest BCUT2D eigenvalue weighted by molar-refractivity contribution is 7.22. The number of hydrogen-bond donors (Lipinski definition) is 8. The highest BCUT2D eigenvalue weighted by Gasteiger charge is 2.66. The Morgan fingerprint density at radius 2 is 1.51 bits per heavy atom. The average molecular weight is 1410 g/mol. The van der Waals surface area contributed by atoms with Gasteiger partial charge in [0, 0.05) is 91.0 Å². The molecule has 4 bridgehead atoms. The van der Waals surface area contributed by atoms with E-state index in [1.54, 1.807) is 86.9 Å². The van der Waals surface area contributed by atoms with Gasteiger partial charge in [0.1, 0.15) is 18.7 Å². The van der Waals surface area contributed by atoms with Gasteiger partial charge in [0.25, 0.3) is 17.7 Å². The van der Waals surface area contributed by atoms with Gasteiger partial charge in [-0.1, -0.05) is 75.8 Å². The Labute approximate surface area is 592 Å². The van der Waals surface area contributed by atoms with Crippen molar-refractivity contribution in [1.82, 2.24) is 50.5 Å². The smallest absolute Gasteiger partial charge is 0.410 e. The molecule has 7 aromatic rings. The maximum Gasteiger partial charge on any atom is 0.410 e. The quantitative estimate of drug-likeness (QED) is 0.0144. The number of nitrogens with zero attached hydrogens (tertiary/aromatic N) is 7. The van der Waals surface area contributed by atoms with Crippen LogP contribution in [0.25, 0.3) is 43.5 Å². The van der Waals surface area contributed by atoms with Crippen LogP contribution in [-0.2, 0) is 51.4 Å². The number of aromatic nitrogens is 5. The van der Waals surface area contributed by atoms with Crippen LogP contribution >= 0.6 is 11.3 Å². The van der Waals surface area contributed by atoms with E-state index in [2.05, 4.69) is 50.4 Å². The number of amides is 9. The van der Waals surface area contributed by atoms with E-state index >= 15 is 0 Å². The van der Waals surface area contributed by atoms with E-state index in [1.807, 2.05) is 35.9 Å². The number of ether oxygens (including phenoxy) is 2. The minimum absolute atomic E-state index is 0.0510. The van der Waals surface area contributed by atoms with Crippen LogP contribution in [0.4, 0.5) is 20.4 Å². The number of unbranched alkanes of at least 4 members (excludes halogenated alkanes) is 2. The number of carbonyl (C=O) groups is 10. The molecule has 6 atom stereocenters. The van der Waals surface area contributed by atoms with Crippen LogP contribution in [0.15, 0.2) is 109 Å². The van der Waals surface area contributed by atoms with Gasteiger partial charge >= 0.3 is 24.1 Å². The molecule has 28 heteroatoms. The fourth-order valence-electron chi connectivity index (χ4n) is 16.2. The van der Waals surface area contributed by atoms with Gasteiger partial charge in [-0.15, -0.1) is 0 Å². The van der Waals surface area contributed by atoms with Crippen molar-refractivity contribution in [2.75, 3.05) is 43.4 Å². The third-order valence-corrected chi connectivity index (χ3v) is 20.6. The van der Waals surface area contributed by atoms with E-state index in [9.17, 15) is 58.2 Å². The zero-order valence-corrected chi connectivity index (χ0v) is 58.5. The van der Waals surface area contributed by atoms with Crippen LogP contribution in [0.3, 0.4) is 0 Å². The van der Waals surface area contributed by atoms with Crippen LogP contribution in [-0.4, -0.2) is 155 Å². The van der Waals surface area contributed by atoms with Gasteiger partial charge in [-0.3, -0.25) is 53.4 Å². The first kappa shape index (κ1) is 72.8. The Kier molecular flexibility index (Phi) is 22.0. The molecule has 0 saturated heterocycles. The highest BCUT2D eigenvalue weighted by atomic mass is 32.1. The number of nitrogens with two attached hydrogens (primary N) is 1. The van der Waals surface area contributed by atoms with E-state index in [4.69, 9.17) is 25.3 Å². The van der Waals surface area contributed by atoms with E-state index in [0.717, 1.165) is 52.9 Å². The molecule has 0 spiro atoms. The molecule has 3 unspecified atom stereocenters. The fourth-order valence-corrected chi connectivity index (χ4v) is 17.1. The Balaban J connectivity index is 0.700. The molecular formula is C74H85N13O14S. The molecule has 4 fully saturated rings. The number of thiazole rings is 1. The van der Waals surface area contributed by atoms with Gasteiger partial charge in [0.05, 0.1) is 51.8 Å². The molecular weight excluding hydrogens is 1330 g/mol. The number of carboxylic acids is 2. The second kappa shape index (κ2) is 30.8. The summed E-state index contributed by atoms with van der Waals surface area (Å²) in [6, 6.07) is 21.7. The summed E-state index contributed by atoms with van der Waals surface area (Å²) in [4.78, 5) is 145. The van der Waals surface area contributed by atoms with Crippen molar-refractivity contribution >= 4 is 103 Å². The highest BCUT2D eigenvalue weighted by Crippen LogP contribution is 2.72. The van der Waals surface area contributed by atoms with Crippen LogP contribution < -0.4 is 32.3 Å². The molecule has 27 nitrogen and oxygen atoms in total. The molecule has 4 aromatic heterocycles. The minimum Gasteiger partial charge on any atom is -0.481 e. The first-order valence-corrected chi connectivity index (χ1v) is 35.2. The lowest BCUT2D eigenvalue weighted by Crippen LogP contribution is -2.64. The molecule has 1 aliphatic heterocycles. The number of carboxylic acid groups (broad SMARTS) is 2. The number of fused-ring (bicyclic) bond motifs is 2. The Bertz CT molecular complexity index is 4370. The Hall–Kier alpha value is -10.5. The number of anilines is 2. The van der Waals surface area contributed by atoms with Crippen molar-refractivity contribution in [3.05, 3.63) is 132 Å². The van der Waals surface area contributed by atoms with Gasteiger partial charge in [0.15, 0.2) is 10.8 Å². The molecule has 3 aromatic carbocycles. The van der Waals surface area contributed by atoms with Crippen LogP contribution in [0, 0.1) is 29.1 Å². The minimum atomic E-state index is -1.22. The number of imide groups is 1. The summed E-state index contributed by atoms with van der Waals surface area (Å²) in [7, 11) is 0. The summed E-state index contributed by atoms with van der Waals surface area (Å²) < 4.78 is 15.7. The predicted octanol–water partition coefficient (Wildman–Crippen LogP) is 9.78. The van der Waals surface area contributed by atoms with Crippen molar-refractivity contribution in [1.29, 1.82) is 0 Å². The maximum absolute atomic E-state index is 13.9. The van der Waals surface area contributed by atoms with Gasteiger partial charge in [-0.25, -0.2) is 24.4 Å². The lowest BCUT2D eigenvalue weighted by Gasteiger charge is -2.69. The molecule has 4 aliphatic carbocycles. The van der Waals surface area contributed by atoms with Gasteiger partial charge in [-0.05, 0) is 153 Å². The molecule has 0 radical (unpaired) electrons. The zero-order chi connectivity index (χ0) is 72.7. The zero-order valence-electron chi connectivity index (χ0n) is 57.7. The SMILES string of the molecule is Cc1c(-c2ccc(-c3ccc4nccc(C(=O)Nc5nc6ccccc6s5)c4c3)nc2C(=O)O)cnn1CC12CC3(C)CC(OCCN(CCC(=O)O)C(=O)OCc4ccc(NC(=O)[C@H](CCCNC(N)=O)NC(=O)[C@@H](NC(=O)CCCCCN5C(=O)C=CC5=O)C(C)C)cc4)(C1)C[C@](C)(C3)C2. The first-order valence-electron chi connectivity index (χ1n) is 34.3. The fraction of sp³-hybridized carbons (Fsp3) is 0.432. The largest absolute Gasteiger partial charge is 0.481 e. The number of nitrogens with one attached hydrogen (secondary N) is 5. The summed E-state index contributed by atoms with van der Waals surface area (Å²) >= 11 is 1.37. The summed E-state index contributed by atoms with van der Waals surface area (Å²) in [5.41, 5.74) is 9.49. The third kappa shape index (κ3) is 17.3. The molecule has 102 heavy (non-hydrogen) atoms. The molecule has 4 saturated carbocycles. The normalized spacial score (nSPS) is 20.2. The first-order chi connectivity index (χ1) is 48.7. The average Bonchev–Trinajstić information content (AvgIpc) is 0.799. The number of pyridine rings is 2. The number of aromatic carboxylic acids is 1. The van der Waals surface area contributed by atoms with E-state index < -0.39 is 53.6 Å². The molecule has 536 valence electrons. The van der Waals surface area contributed by atoms with Crippen molar-refractivity contribution < 1.29 is 67.6 Å². The number of primary amides is 1. The number of hydrogen-bond acceptors (Lipinski definition) is 17. The monoisotopic (exact) mass is 1410 g/mol. The molecule has 9 amide bonds. The summed E-state index contributed by atoms with van der Waals surface area (Å²) in [6.45, 7) is 10.8. The molecule has 12 rings (SSSR count). The number of urea groups is 1.